The molecule has 2 rings (SSSR count). The summed E-state index contributed by atoms with van der Waals surface area (Å²) in [4.78, 5) is 61.9. The maximum absolute atomic E-state index is 12.9. The van der Waals surface area contributed by atoms with Crippen LogP contribution in [0, 0.1) is 0 Å². The van der Waals surface area contributed by atoms with Gasteiger partial charge in [-0.05, 0) is 38.8 Å². The van der Waals surface area contributed by atoms with Crippen LogP contribution in [0.2, 0.25) is 0 Å². The van der Waals surface area contributed by atoms with E-state index in [1.54, 1.807) is 81.4 Å². The van der Waals surface area contributed by atoms with Gasteiger partial charge in [0.15, 0.2) is 5.60 Å². The summed E-state index contributed by atoms with van der Waals surface area (Å²) in [5.41, 5.74) is -1.97. The van der Waals surface area contributed by atoms with Crippen molar-refractivity contribution in [2.24, 2.45) is 0 Å². The summed E-state index contributed by atoms with van der Waals surface area (Å²) in [6, 6.07) is 16.5. The van der Waals surface area contributed by atoms with E-state index in [1.807, 2.05) is 0 Å². The van der Waals surface area contributed by atoms with Gasteiger partial charge in [-0.25, -0.2) is 9.59 Å². The maximum atomic E-state index is 12.9. The van der Waals surface area contributed by atoms with Crippen LogP contribution in [0.3, 0.4) is 0 Å². The molecule has 0 heterocycles. The highest BCUT2D eigenvalue weighted by atomic mass is 16.6. The van der Waals surface area contributed by atoms with Gasteiger partial charge in [-0.3, -0.25) is 14.4 Å². The van der Waals surface area contributed by atoms with Crippen LogP contribution in [-0.2, 0) is 51.3 Å². The van der Waals surface area contributed by atoms with Crippen molar-refractivity contribution in [2.45, 2.75) is 71.0 Å². The van der Waals surface area contributed by atoms with Gasteiger partial charge in [0.25, 0.3) is 0 Å². The fourth-order valence-corrected chi connectivity index (χ4v) is 3.42. The van der Waals surface area contributed by atoms with Gasteiger partial charge in [-0.1, -0.05) is 60.7 Å². The lowest BCUT2D eigenvalue weighted by Gasteiger charge is -2.24. The van der Waals surface area contributed by atoms with Crippen LogP contribution in [0.15, 0.2) is 60.7 Å². The Morgan fingerprint density at radius 3 is 1.81 bits per heavy atom. The molecule has 0 radical (unpaired) electrons. The zero-order valence-electron chi connectivity index (χ0n) is 24.2. The molecule has 12 heteroatoms. The van der Waals surface area contributed by atoms with E-state index in [0.717, 1.165) is 0 Å². The first-order valence-electron chi connectivity index (χ1n) is 13.3. The first-order chi connectivity index (χ1) is 19.8. The van der Waals surface area contributed by atoms with Crippen LogP contribution < -0.4 is 10.6 Å². The first kappa shape index (κ1) is 33.8. The fraction of sp³-hybridized carbons (Fsp3) is 0.433. The molecule has 2 atom stereocenters. The second-order valence-corrected chi connectivity index (χ2v) is 10.5. The summed E-state index contributed by atoms with van der Waals surface area (Å²) < 4.78 is 20.5. The number of hydrogen-bond acceptors (Lipinski definition) is 10. The van der Waals surface area contributed by atoms with Crippen LogP contribution in [0.1, 0.15) is 51.7 Å². The lowest BCUT2D eigenvalue weighted by Crippen LogP contribution is -2.47. The third kappa shape index (κ3) is 12.8. The van der Waals surface area contributed by atoms with E-state index in [9.17, 15) is 29.1 Å². The van der Waals surface area contributed by atoms with Crippen molar-refractivity contribution in [3.63, 3.8) is 0 Å². The summed E-state index contributed by atoms with van der Waals surface area (Å²) in [7, 11) is 0. The zero-order valence-corrected chi connectivity index (χ0v) is 24.2. The number of amides is 2. The predicted octanol–water partition coefficient (Wildman–Crippen LogP) is 2.56. The molecule has 0 saturated heterocycles. The van der Waals surface area contributed by atoms with E-state index >= 15 is 0 Å². The summed E-state index contributed by atoms with van der Waals surface area (Å²) >= 11 is 0. The number of hydrogen-bond donors (Lipinski definition) is 3. The molecular formula is C30H38N2O10. The largest absolute Gasteiger partial charge is 0.464 e. The number of nitrogens with one attached hydrogen (secondary N) is 2. The maximum Gasteiger partial charge on any atom is 0.408 e. The summed E-state index contributed by atoms with van der Waals surface area (Å²) in [5, 5.41) is 15.9. The van der Waals surface area contributed by atoms with Crippen LogP contribution in [-0.4, -0.2) is 65.4 Å². The molecule has 2 aromatic carbocycles. The number of carbonyl (C=O) groups excluding carboxylic acids is 5. The molecule has 0 fully saturated rings. The summed E-state index contributed by atoms with van der Waals surface area (Å²) in [6.07, 6.45) is -2.52. The molecule has 2 amide bonds. The lowest BCUT2D eigenvalue weighted by molar-refractivity contribution is -0.179. The number of rotatable bonds is 14. The van der Waals surface area contributed by atoms with Gasteiger partial charge in [0, 0.05) is 0 Å². The highest BCUT2D eigenvalue weighted by molar-refractivity contribution is 5.90. The van der Waals surface area contributed by atoms with Crippen LogP contribution in [0.5, 0.6) is 0 Å². The Balaban J connectivity index is 1.91. The van der Waals surface area contributed by atoms with Crippen molar-refractivity contribution in [2.75, 3.05) is 13.2 Å². The Hall–Kier alpha value is -4.45. The topological polar surface area (TPSA) is 167 Å². The molecule has 0 spiro atoms. The van der Waals surface area contributed by atoms with E-state index in [4.69, 9.17) is 18.9 Å². The van der Waals surface area contributed by atoms with Gasteiger partial charge >= 0.3 is 24.0 Å². The number of ether oxygens (including phenoxy) is 4. The number of benzene rings is 2. The van der Waals surface area contributed by atoms with E-state index in [1.165, 1.54) is 6.92 Å². The van der Waals surface area contributed by atoms with Crippen molar-refractivity contribution in [3.8, 4) is 0 Å². The highest BCUT2D eigenvalue weighted by Crippen LogP contribution is 2.21. The SMILES string of the molecule is C[C@H](NC(=O)OC(C)(C)C)C(=O)NCCOC(=O)C[C@](O)(CC(=O)OCc1ccccc1)C(=O)OCc1ccccc1. The number of aliphatic hydroxyl groups is 1. The Morgan fingerprint density at radius 1 is 0.786 bits per heavy atom. The molecule has 228 valence electrons. The van der Waals surface area contributed by atoms with Gasteiger partial charge in [0.1, 0.15) is 31.5 Å². The zero-order chi connectivity index (χ0) is 31.2. The molecule has 0 aliphatic heterocycles. The molecule has 0 unspecified atom stereocenters. The molecule has 0 aromatic heterocycles. The van der Waals surface area contributed by atoms with Crippen LogP contribution >= 0.6 is 0 Å². The van der Waals surface area contributed by atoms with Crippen molar-refractivity contribution in [3.05, 3.63) is 71.8 Å². The second-order valence-electron chi connectivity index (χ2n) is 10.5. The van der Waals surface area contributed by atoms with E-state index in [2.05, 4.69) is 10.6 Å². The van der Waals surface area contributed by atoms with E-state index in [0.29, 0.717) is 11.1 Å². The van der Waals surface area contributed by atoms with Gasteiger partial charge in [0.2, 0.25) is 5.91 Å². The minimum absolute atomic E-state index is 0.0971. The number of carbonyl (C=O) groups is 5. The molecule has 42 heavy (non-hydrogen) atoms. The van der Waals surface area contributed by atoms with Gasteiger partial charge in [0.05, 0.1) is 19.4 Å². The highest BCUT2D eigenvalue weighted by Gasteiger charge is 2.43. The standard InChI is InChI=1S/C30H38N2O10/c1-21(32-28(37)42-29(2,3)4)26(35)31-15-16-39-24(33)17-30(38,27(36)41-20-23-13-9-6-10-14-23)18-25(34)40-19-22-11-7-5-8-12-22/h5-14,21,38H,15-20H2,1-4H3,(H,31,35)(H,32,37)/t21-,30-/m0/s1. The minimum Gasteiger partial charge on any atom is -0.464 e. The van der Waals surface area contributed by atoms with E-state index < -0.39 is 60.0 Å². The van der Waals surface area contributed by atoms with Crippen molar-refractivity contribution in [1.82, 2.24) is 10.6 Å². The summed E-state index contributed by atoms with van der Waals surface area (Å²) in [5.74, 6) is -3.70. The fourth-order valence-electron chi connectivity index (χ4n) is 3.42. The predicted molar refractivity (Wildman–Crippen MR) is 149 cm³/mol. The molecule has 0 saturated carbocycles. The van der Waals surface area contributed by atoms with Gasteiger partial charge < -0.3 is 34.7 Å². The van der Waals surface area contributed by atoms with Gasteiger partial charge in [-0.15, -0.1) is 0 Å². The molecule has 2 aromatic rings. The number of esters is 3. The quantitative estimate of drug-likeness (QED) is 0.170. The third-order valence-electron chi connectivity index (χ3n) is 5.50. The summed E-state index contributed by atoms with van der Waals surface area (Å²) in [6.45, 7) is 5.77. The third-order valence-corrected chi connectivity index (χ3v) is 5.50. The Bertz CT molecular complexity index is 1200. The Morgan fingerprint density at radius 2 is 1.29 bits per heavy atom. The van der Waals surface area contributed by atoms with E-state index in [-0.39, 0.29) is 26.4 Å². The molecule has 0 aliphatic carbocycles. The van der Waals surface area contributed by atoms with Crippen molar-refractivity contribution >= 4 is 29.9 Å². The molecule has 12 nitrogen and oxygen atoms in total. The average molecular weight is 587 g/mol. The molecule has 0 aliphatic rings. The normalized spacial score (nSPS) is 13.1. The average Bonchev–Trinajstić information content (AvgIpc) is 2.92. The minimum atomic E-state index is -2.56. The lowest BCUT2D eigenvalue weighted by atomic mass is 9.95. The van der Waals surface area contributed by atoms with Crippen LogP contribution in [0.4, 0.5) is 4.79 Å². The Kier molecular flexibility index (Phi) is 12.9. The number of alkyl carbamates (subject to hydrolysis) is 1. The van der Waals surface area contributed by atoms with Gasteiger partial charge in [-0.2, -0.15) is 0 Å². The van der Waals surface area contributed by atoms with Crippen molar-refractivity contribution in [1.29, 1.82) is 0 Å². The molecule has 0 bridgehead atoms. The van der Waals surface area contributed by atoms with Crippen LogP contribution in [0.25, 0.3) is 0 Å². The molecular weight excluding hydrogens is 548 g/mol. The first-order valence-corrected chi connectivity index (χ1v) is 13.3. The second kappa shape index (κ2) is 16.1. The Labute approximate surface area is 244 Å². The van der Waals surface area contributed by atoms with Crippen molar-refractivity contribution < 1.29 is 48.0 Å². The smallest absolute Gasteiger partial charge is 0.408 e. The monoisotopic (exact) mass is 586 g/mol. The molecule has 3 N–H and O–H groups in total.